The lowest BCUT2D eigenvalue weighted by Crippen LogP contribution is -2.49. The van der Waals surface area contributed by atoms with E-state index in [4.69, 9.17) is 4.52 Å². The third-order valence-corrected chi connectivity index (χ3v) is 5.88. The summed E-state index contributed by atoms with van der Waals surface area (Å²) < 4.78 is 11.0. The van der Waals surface area contributed by atoms with E-state index in [0.717, 1.165) is 49.0 Å². The normalized spacial score (nSPS) is 15.0. The van der Waals surface area contributed by atoms with Gasteiger partial charge in [-0.2, -0.15) is 4.37 Å². The third kappa shape index (κ3) is 3.19. The van der Waals surface area contributed by atoms with E-state index in [9.17, 15) is 4.79 Å². The van der Waals surface area contributed by atoms with E-state index in [1.807, 2.05) is 24.8 Å². The predicted molar refractivity (Wildman–Crippen MR) is 103 cm³/mol. The van der Waals surface area contributed by atoms with E-state index in [1.165, 1.54) is 21.6 Å². The largest absolute Gasteiger partial charge is 0.361 e. The molecule has 0 atom stereocenters. The number of carbonyl (C=O) groups excluding carboxylic acids is 1. The van der Waals surface area contributed by atoms with E-state index in [1.54, 1.807) is 0 Å². The Balaban J connectivity index is 1.35. The number of rotatable bonds is 4. The highest BCUT2D eigenvalue weighted by molar-refractivity contribution is 7.13. The van der Waals surface area contributed by atoms with Crippen LogP contribution in [0.5, 0.6) is 0 Å². The van der Waals surface area contributed by atoms with Crippen molar-refractivity contribution < 1.29 is 9.32 Å². The Bertz CT molecular complexity index is 905. The van der Waals surface area contributed by atoms with E-state index < -0.39 is 0 Å². The number of carbonyl (C=O) groups is 1. The highest BCUT2D eigenvalue weighted by Crippen LogP contribution is 2.29. The minimum absolute atomic E-state index is 0.202. The zero-order chi connectivity index (χ0) is 18.1. The first-order chi connectivity index (χ1) is 12.6. The molecule has 0 spiro atoms. The van der Waals surface area contributed by atoms with Gasteiger partial charge in [0.15, 0.2) is 0 Å². The summed E-state index contributed by atoms with van der Waals surface area (Å²) in [6, 6.07) is 8.31. The van der Waals surface area contributed by atoms with Crippen LogP contribution < -0.4 is 4.90 Å². The van der Waals surface area contributed by atoms with Crippen molar-refractivity contribution in [2.45, 2.75) is 26.7 Å². The van der Waals surface area contributed by atoms with Crippen LogP contribution >= 0.6 is 11.5 Å². The molecule has 1 aliphatic rings. The summed E-state index contributed by atoms with van der Waals surface area (Å²) in [6.45, 7) is 6.96. The quantitative estimate of drug-likeness (QED) is 0.706. The Morgan fingerprint density at radius 1 is 1.19 bits per heavy atom. The third-order valence-electron chi connectivity index (χ3n) is 5.06. The van der Waals surface area contributed by atoms with Gasteiger partial charge in [-0.25, -0.2) is 0 Å². The molecule has 1 amide bonds. The lowest BCUT2D eigenvalue weighted by Gasteiger charge is -2.35. The molecule has 3 heterocycles. The number of aryl methyl sites for hydroxylation is 2. The highest BCUT2D eigenvalue weighted by Gasteiger charge is 2.24. The Morgan fingerprint density at radius 2 is 1.96 bits per heavy atom. The SMILES string of the molecule is Cc1noc(C)c1CCC(=O)N1CCN(c2nsc3ccccc23)CC1. The van der Waals surface area contributed by atoms with Crippen molar-refractivity contribution in [3.8, 4) is 0 Å². The van der Waals surface area contributed by atoms with Crippen molar-refractivity contribution in [3.63, 3.8) is 0 Å². The summed E-state index contributed by atoms with van der Waals surface area (Å²) in [5.74, 6) is 2.07. The Hall–Kier alpha value is -2.41. The maximum absolute atomic E-state index is 12.6. The van der Waals surface area contributed by atoms with Crippen molar-refractivity contribution in [1.82, 2.24) is 14.4 Å². The fraction of sp³-hybridized carbons (Fsp3) is 0.421. The van der Waals surface area contributed by atoms with Crippen LogP contribution in [0.1, 0.15) is 23.4 Å². The molecule has 0 bridgehead atoms. The minimum Gasteiger partial charge on any atom is -0.361 e. The van der Waals surface area contributed by atoms with Gasteiger partial charge in [0.05, 0.1) is 10.4 Å². The molecule has 1 aliphatic heterocycles. The highest BCUT2D eigenvalue weighted by atomic mass is 32.1. The van der Waals surface area contributed by atoms with Crippen molar-refractivity contribution >= 4 is 33.3 Å². The van der Waals surface area contributed by atoms with Crippen LogP contribution in [0.25, 0.3) is 10.1 Å². The number of amides is 1. The number of fused-ring (bicyclic) bond motifs is 1. The van der Waals surface area contributed by atoms with Gasteiger partial charge in [0.25, 0.3) is 0 Å². The number of anilines is 1. The zero-order valence-corrected chi connectivity index (χ0v) is 15.9. The molecule has 26 heavy (non-hydrogen) atoms. The number of hydrogen-bond acceptors (Lipinski definition) is 6. The average molecular weight is 370 g/mol. The monoisotopic (exact) mass is 370 g/mol. The van der Waals surface area contributed by atoms with E-state index in [2.05, 4.69) is 32.6 Å². The Labute approximate surface area is 156 Å². The molecule has 1 saturated heterocycles. The average Bonchev–Trinajstić information content (AvgIpc) is 3.23. The van der Waals surface area contributed by atoms with E-state index >= 15 is 0 Å². The molecule has 0 N–H and O–H groups in total. The molecule has 136 valence electrons. The van der Waals surface area contributed by atoms with Crippen LogP contribution in [0.3, 0.4) is 0 Å². The van der Waals surface area contributed by atoms with Crippen LogP contribution in [0.2, 0.25) is 0 Å². The lowest BCUT2D eigenvalue weighted by atomic mass is 10.1. The molecular formula is C19H22N4O2S. The van der Waals surface area contributed by atoms with Crippen LogP contribution in [0.15, 0.2) is 28.8 Å². The van der Waals surface area contributed by atoms with Gasteiger partial charge < -0.3 is 14.3 Å². The van der Waals surface area contributed by atoms with E-state index in [0.29, 0.717) is 12.8 Å². The minimum atomic E-state index is 0.202. The van der Waals surface area contributed by atoms with Gasteiger partial charge in [0, 0.05) is 43.5 Å². The van der Waals surface area contributed by atoms with Crippen LogP contribution in [-0.2, 0) is 11.2 Å². The second kappa shape index (κ2) is 7.07. The Morgan fingerprint density at radius 3 is 2.69 bits per heavy atom. The van der Waals surface area contributed by atoms with Gasteiger partial charge in [-0.1, -0.05) is 17.3 Å². The second-order valence-electron chi connectivity index (χ2n) is 6.67. The summed E-state index contributed by atoms with van der Waals surface area (Å²) >= 11 is 1.54. The number of aromatic nitrogens is 2. The van der Waals surface area contributed by atoms with Gasteiger partial charge in [0.1, 0.15) is 11.6 Å². The summed E-state index contributed by atoms with van der Waals surface area (Å²) in [5, 5.41) is 5.16. The molecule has 1 fully saturated rings. The standard InChI is InChI=1S/C19H22N4O2S/c1-13-15(14(2)25-20-13)7-8-18(24)22-9-11-23(12-10-22)19-16-5-3-4-6-17(16)26-21-19/h3-6H,7-12H2,1-2H3. The molecule has 1 aromatic carbocycles. The molecular weight excluding hydrogens is 348 g/mol. The summed E-state index contributed by atoms with van der Waals surface area (Å²) in [4.78, 5) is 16.8. The molecule has 3 aromatic rings. The van der Waals surface area contributed by atoms with Gasteiger partial charge in [-0.15, -0.1) is 0 Å². The first-order valence-electron chi connectivity index (χ1n) is 8.92. The number of benzene rings is 1. The van der Waals surface area contributed by atoms with Crippen molar-refractivity contribution in [2.24, 2.45) is 0 Å². The summed E-state index contributed by atoms with van der Waals surface area (Å²) in [7, 11) is 0. The summed E-state index contributed by atoms with van der Waals surface area (Å²) in [6.07, 6.45) is 1.19. The van der Waals surface area contributed by atoms with Crippen molar-refractivity contribution in [2.75, 3.05) is 31.1 Å². The van der Waals surface area contributed by atoms with E-state index in [-0.39, 0.29) is 5.91 Å². The number of nitrogens with zero attached hydrogens (tertiary/aromatic N) is 4. The van der Waals surface area contributed by atoms with Crippen molar-refractivity contribution in [3.05, 3.63) is 41.3 Å². The maximum Gasteiger partial charge on any atom is 0.223 e. The summed E-state index contributed by atoms with van der Waals surface area (Å²) in [5.41, 5.74) is 1.95. The number of hydrogen-bond donors (Lipinski definition) is 0. The van der Waals surface area contributed by atoms with Crippen LogP contribution in [0, 0.1) is 13.8 Å². The first kappa shape index (κ1) is 17.0. The molecule has 0 saturated carbocycles. The smallest absolute Gasteiger partial charge is 0.223 e. The molecule has 2 aromatic heterocycles. The van der Waals surface area contributed by atoms with Crippen LogP contribution in [-0.4, -0.2) is 46.5 Å². The topological polar surface area (TPSA) is 62.5 Å². The van der Waals surface area contributed by atoms with Gasteiger partial charge in [-0.3, -0.25) is 4.79 Å². The van der Waals surface area contributed by atoms with Gasteiger partial charge >= 0.3 is 0 Å². The fourth-order valence-electron chi connectivity index (χ4n) is 3.52. The molecule has 7 heteroatoms. The molecule has 4 rings (SSSR count). The molecule has 0 aliphatic carbocycles. The Kier molecular flexibility index (Phi) is 4.63. The lowest BCUT2D eigenvalue weighted by molar-refractivity contribution is -0.131. The molecule has 0 radical (unpaired) electrons. The first-order valence-corrected chi connectivity index (χ1v) is 9.69. The molecule has 0 unspecified atom stereocenters. The van der Waals surface area contributed by atoms with Gasteiger partial charge in [-0.05, 0) is 43.9 Å². The molecule has 6 nitrogen and oxygen atoms in total. The van der Waals surface area contributed by atoms with Gasteiger partial charge in [0.2, 0.25) is 5.91 Å². The fourth-order valence-corrected chi connectivity index (χ4v) is 4.31. The zero-order valence-electron chi connectivity index (χ0n) is 15.1. The van der Waals surface area contributed by atoms with Crippen LogP contribution in [0.4, 0.5) is 5.82 Å². The predicted octanol–water partition coefficient (Wildman–Crippen LogP) is 3.18. The maximum atomic E-state index is 12.6. The number of piperazine rings is 1. The van der Waals surface area contributed by atoms with Crippen molar-refractivity contribution in [1.29, 1.82) is 0 Å². The second-order valence-corrected chi connectivity index (χ2v) is 7.48.